The van der Waals surface area contributed by atoms with E-state index < -0.39 is 36.2 Å². The van der Waals surface area contributed by atoms with Crippen molar-refractivity contribution in [1.82, 2.24) is 4.90 Å². The van der Waals surface area contributed by atoms with Crippen molar-refractivity contribution in [3.63, 3.8) is 0 Å². The van der Waals surface area contributed by atoms with Crippen molar-refractivity contribution in [1.29, 1.82) is 0 Å². The molecule has 1 aliphatic heterocycles. The molecule has 8 heteroatoms. The minimum absolute atomic E-state index is 0.117. The van der Waals surface area contributed by atoms with Gasteiger partial charge in [-0.1, -0.05) is 20.3 Å². The quantitative estimate of drug-likeness (QED) is 0.515. The Kier molecular flexibility index (Phi) is 8.18. The van der Waals surface area contributed by atoms with Crippen LogP contribution in [0.4, 0.5) is 5.69 Å². The number of nitrogens with zero attached hydrogens (tertiary/aromatic N) is 2. The minimum atomic E-state index is -1.32. The predicted molar refractivity (Wildman–Crippen MR) is 104 cm³/mol. The summed E-state index contributed by atoms with van der Waals surface area (Å²) in [5.74, 6) is -2.01. The monoisotopic (exact) mass is 403 g/mol. The zero-order valence-electron chi connectivity index (χ0n) is 16.9. The van der Waals surface area contributed by atoms with Gasteiger partial charge in [0, 0.05) is 18.9 Å². The fraction of sp³-hybridized carbons (Fsp3) is 0.524. The van der Waals surface area contributed by atoms with Gasteiger partial charge in [-0.25, -0.2) is 4.90 Å². The summed E-state index contributed by atoms with van der Waals surface area (Å²) in [6.07, 6.45) is 1.52. The number of benzene rings is 1. The van der Waals surface area contributed by atoms with Crippen molar-refractivity contribution in [3.05, 3.63) is 24.3 Å². The summed E-state index contributed by atoms with van der Waals surface area (Å²) in [5.41, 5.74) is 0.420. The minimum Gasteiger partial charge on any atom is -0.550 e. The number of rotatable bonds is 11. The Labute approximate surface area is 170 Å². The van der Waals surface area contributed by atoms with E-state index in [2.05, 4.69) is 0 Å². The van der Waals surface area contributed by atoms with Crippen LogP contribution in [0.3, 0.4) is 0 Å². The Hall–Kier alpha value is -2.90. The predicted octanol–water partition coefficient (Wildman–Crippen LogP) is 1.27. The zero-order valence-corrected chi connectivity index (χ0v) is 16.9. The molecule has 1 aromatic rings. The van der Waals surface area contributed by atoms with Crippen molar-refractivity contribution in [3.8, 4) is 5.75 Å². The molecule has 0 spiro atoms. The molecular formula is C21H27N2O6-. The van der Waals surface area contributed by atoms with Crippen LogP contribution in [0.25, 0.3) is 0 Å². The second-order valence-corrected chi connectivity index (χ2v) is 6.94. The van der Waals surface area contributed by atoms with Crippen molar-refractivity contribution >= 4 is 29.4 Å². The Morgan fingerprint density at radius 3 is 2.41 bits per heavy atom. The van der Waals surface area contributed by atoms with Crippen LogP contribution in [0.15, 0.2) is 24.3 Å². The maximum absolute atomic E-state index is 13.0. The van der Waals surface area contributed by atoms with Gasteiger partial charge in [-0.05, 0) is 43.5 Å². The molecule has 1 fully saturated rings. The zero-order chi connectivity index (χ0) is 21.4. The molecule has 158 valence electrons. The number of aliphatic carboxylic acids is 1. The molecule has 0 radical (unpaired) electrons. The smallest absolute Gasteiger partial charge is 0.257 e. The maximum Gasteiger partial charge on any atom is 0.257 e. The second kappa shape index (κ2) is 10.6. The first-order chi connectivity index (χ1) is 13.9. The standard InChI is InChI=1S/C21H28N2O6/c1-3-5-12-22(18(24)10-11-20(26)27)17-14-19(25)23(21(17)28)15-6-8-16(9-7-15)29-13-4-2/h6-9,17H,3-5,10-14H2,1-2H3,(H,26,27)/p-1/t17-/m0/s1. The summed E-state index contributed by atoms with van der Waals surface area (Å²) in [4.78, 5) is 51.1. The summed E-state index contributed by atoms with van der Waals surface area (Å²) in [7, 11) is 0. The molecule has 0 saturated carbocycles. The van der Waals surface area contributed by atoms with E-state index in [1.165, 1.54) is 4.90 Å². The summed E-state index contributed by atoms with van der Waals surface area (Å²) >= 11 is 0. The Balaban J connectivity index is 2.16. The van der Waals surface area contributed by atoms with Crippen LogP contribution < -0.4 is 14.7 Å². The van der Waals surface area contributed by atoms with Crippen LogP contribution in [-0.4, -0.2) is 47.8 Å². The molecule has 1 heterocycles. The molecule has 1 aromatic carbocycles. The van der Waals surface area contributed by atoms with Gasteiger partial charge in [0.1, 0.15) is 11.8 Å². The highest BCUT2D eigenvalue weighted by Crippen LogP contribution is 2.28. The number of amides is 3. The van der Waals surface area contributed by atoms with Gasteiger partial charge in [0.2, 0.25) is 11.8 Å². The van der Waals surface area contributed by atoms with E-state index in [-0.39, 0.29) is 12.8 Å². The number of hydrogen-bond acceptors (Lipinski definition) is 6. The van der Waals surface area contributed by atoms with E-state index in [1.807, 2.05) is 13.8 Å². The number of carboxylic acid groups (broad SMARTS) is 1. The van der Waals surface area contributed by atoms with E-state index in [9.17, 15) is 24.3 Å². The lowest BCUT2D eigenvalue weighted by Gasteiger charge is -2.27. The van der Waals surface area contributed by atoms with Crippen molar-refractivity contribution in [2.75, 3.05) is 18.1 Å². The molecule has 0 aromatic heterocycles. The van der Waals surface area contributed by atoms with Gasteiger partial charge in [-0.3, -0.25) is 14.4 Å². The van der Waals surface area contributed by atoms with Gasteiger partial charge >= 0.3 is 0 Å². The largest absolute Gasteiger partial charge is 0.550 e. The summed E-state index contributed by atoms with van der Waals surface area (Å²) < 4.78 is 5.51. The maximum atomic E-state index is 13.0. The van der Waals surface area contributed by atoms with Crippen LogP contribution in [0, 0.1) is 0 Å². The Morgan fingerprint density at radius 1 is 1.14 bits per heavy atom. The lowest BCUT2D eigenvalue weighted by molar-refractivity contribution is -0.305. The number of unbranched alkanes of at least 4 members (excludes halogenated alkanes) is 1. The van der Waals surface area contributed by atoms with Gasteiger partial charge < -0.3 is 19.5 Å². The lowest BCUT2D eigenvalue weighted by Crippen LogP contribution is -2.46. The highest BCUT2D eigenvalue weighted by molar-refractivity contribution is 6.23. The van der Waals surface area contributed by atoms with Gasteiger partial charge in [-0.2, -0.15) is 0 Å². The Bertz CT molecular complexity index is 746. The number of carboxylic acids is 1. The first kappa shape index (κ1) is 22.4. The molecule has 3 amide bonds. The van der Waals surface area contributed by atoms with Gasteiger partial charge in [0.05, 0.1) is 18.7 Å². The summed E-state index contributed by atoms with van der Waals surface area (Å²) in [6, 6.07) is 5.74. The molecule has 1 saturated heterocycles. The van der Waals surface area contributed by atoms with Gasteiger partial charge in [0.15, 0.2) is 0 Å². The SMILES string of the molecule is CCCCN(C(=O)CCC(=O)[O-])[C@H]1CC(=O)N(c2ccc(OCCC)cc2)C1=O. The third-order valence-electron chi connectivity index (χ3n) is 4.68. The second-order valence-electron chi connectivity index (χ2n) is 6.94. The fourth-order valence-corrected chi connectivity index (χ4v) is 3.18. The molecular weight excluding hydrogens is 376 g/mol. The topological polar surface area (TPSA) is 107 Å². The highest BCUT2D eigenvalue weighted by Gasteiger charge is 2.44. The third-order valence-corrected chi connectivity index (χ3v) is 4.68. The average Bonchev–Trinajstić information content (AvgIpc) is 2.99. The van der Waals surface area contributed by atoms with Crippen LogP contribution in [-0.2, 0) is 19.2 Å². The third kappa shape index (κ3) is 5.79. The number of anilines is 1. The highest BCUT2D eigenvalue weighted by atomic mass is 16.5. The van der Waals surface area contributed by atoms with Crippen LogP contribution in [0.2, 0.25) is 0 Å². The normalized spacial score (nSPS) is 16.2. The first-order valence-electron chi connectivity index (χ1n) is 9.98. The van der Waals surface area contributed by atoms with Crippen molar-refractivity contribution < 1.29 is 29.0 Å². The summed E-state index contributed by atoms with van der Waals surface area (Å²) in [5, 5.41) is 10.7. The van der Waals surface area contributed by atoms with Gasteiger partial charge in [0.25, 0.3) is 5.91 Å². The number of carbonyl (C=O) groups is 4. The van der Waals surface area contributed by atoms with Crippen molar-refractivity contribution in [2.45, 2.75) is 58.4 Å². The molecule has 2 rings (SSSR count). The van der Waals surface area contributed by atoms with Crippen LogP contribution in [0.5, 0.6) is 5.75 Å². The molecule has 0 unspecified atom stereocenters. The van der Waals surface area contributed by atoms with Crippen LogP contribution in [0.1, 0.15) is 52.4 Å². The fourth-order valence-electron chi connectivity index (χ4n) is 3.18. The number of carbonyl (C=O) groups excluding carboxylic acids is 4. The molecule has 0 N–H and O–H groups in total. The van der Waals surface area contributed by atoms with E-state index in [1.54, 1.807) is 24.3 Å². The molecule has 29 heavy (non-hydrogen) atoms. The van der Waals surface area contributed by atoms with Crippen LogP contribution >= 0.6 is 0 Å². The molecule has 0 aliphatic carbocycles. The molecule has 1 aliphatic rings. The molecule has 1 atom stereocenters. The van der Waals surface area contributed by atoms with E-state index >= 15 is 0 Å². The number of hydrogen-bond donors (Lipinski definition) is 0. The van der Waals surface area contributed by atoms with Gasteiger partial charge in [-0.15, -0.1) is 0 Å². The van der Waals surface area contributed by atoms with E-state index in [0.29, 0.717) is 31.0 Å². The van der Waals surface area contributed by atoms with E-state index in [0.717, 1.165) is 17.7 Å². The Morgan fingerprint density at radius 2 is 1.83 bits per heavy atom. The number of imide groups is 1. The molecule has 0 bridgehead atoms. The lowest BCUT2D eigenvalue weighted by atomic mass is 10.1. The van der Waals surface area contributed by atoms with E-state index in [4.69, 9.17) is 4.74 Å². The summed E-state index contributed by atoms with van der Waals surface area (Å²) in [6.45, 7) is 4.81. The molecule has 8 nitrogen and oxygen atoms in total. The van der Waals surface area contributed by atoms with Crippen molar-refractivity contribution in [2.24, 2.45) is 0 Å². The number of ether oxygens (including phenoxy) is 1. The average molecular weight is 403 g/mol. The first-order valence-corrected chi connectivity index (χ1v) is 9.98.